The molecule has 1 N–H and O–H groups in total. The highest BCUT2D eigenvalue weighted by Crippen LogP contribution is 2.08. The number of hydrogen-bond acceptors (Lipinski definition) is 5. The van der Waals surface area contributed by atoms with Crippen LogP contribution in [-0.2, 0) is 6.54 Å². The molecular formula is C11H19N3O2. The van der Waals surface area contributed by atoms with E-state index < -0.39 is 0 Å². The first-order valence-corrected chi connectivity index (χ1v) is 5.82. The fraction of sp³-hybridized carbons (Fsp3) is 0.727. The zero-order valence-electron chi connectivity index (χ0n) is 9.51. The summed E-state index contributed by atoms with van der Waals surface area (Å²) in [6.45, 7) is 6.23. The van der Waals surface area contributed by atoms with E-state index in [-0.39, 0.29) is 6.61 Å². The summed E-state index contributed by atoms with van der Waals surface area (Å²) in [5, 5.41) is 12.6. The molecule has 0 aliphatic carbocycles. The van der Waals surface area contributed by atoms with Crippen molar-refractivity contribution in [2.75, 3.05) is 39.3 Å². The SMILES string of the molecule is OCCN1CCCN(Cc2cnoc2)CC1. The summed E-state index contributed by atoms with van der Waals surface area (Å²) >= 11 is 0. The van der Waals surface area contributed by atoms with Gasteiger partial charge >= 0.3 is 0 Å². The van der Waals surface area contributed by atoms with Gasteiger partial charge in [0.2, 0.25) is 0 Å². The van der Waals surface area contributed by atoms with Crippen molar-refractivity contribution in [3.05, 3.63) is 18.0 Å². The minimum absolute atomic E-state index is 0.256. The van der Waals surface area contributed by atoms with E-state index in [9.17, 15) is 0 Å². The van der Waals surface area contributed by atoms with Crippen molar-refractivity contribution in [3.63, 3.8) is 0 Å². The minimum atomic E-state index is 0.256. The van der Waals surface area contributed by atoms with Crippen LogP contribution in [0.1, 0.15) is 12.0 Å². The molecule has 1 aliphatic heterocycles. The van der Waals surface area contributed by atoms with Crippen LogP contribution in [0, 0.1) is 0 Å². The summed E-state index contributed by atoms with van der Waals surface area (Å²) in [5.74, 6) is 0. The second-order valence-corrected chi connectivity index (χ2v) is 4.23. The van der Waals surface area contributed by atoms with Crippen molar-refractivity contribution in [2.24, 2.45) is 0 Å². The van der Waals surface area contributed by atoms with Gasteiger partial charge in [-0.05, 0) is 19.5 Å². The van der Waals surface area contributed by atoms with Crippen molar-refractivity contribution >= 4 is 0 Å². The van der Waals surface area contributed by atoms with Crippen LogP contribution >= 0.6 is 0 Å². The molecule has 0 bridgehead atoms. The van der Waals surface area contributed by atoms with E-state index in [2.05, 4.69) is 15.0 Å². The lowest BCUT2D eigenvalue weighted by atomic mass is 10.3. The summed E-state index contributed by atoms with van der Waals surface area (Å²) < 4.78 is 4.83. The molecule has 1 fully saturated rings. The van der Waals surface area contributed by atoms with Gasteiger partial charge in [0.1, 0.15) is 6.26 Å². The molecule has 16 heavy (non-hydrogen) atoms. The lowest BCUT2D eigenvalue weighted by Gasteiger charge is -2.20. The van der Waals surface area contributed by atoms with Gasteiger partial charge in [-0.15, -0.1) is 0 Å². The number of rotatable bonds is 4. The molecule has 0 aromatic carbocycles. The Balaban J connectivity index is 1.80. The number of nitrogens with zero attached hydrogens (tertiary/aromatic N) is 3. The molecule has 0 unspecified atom stereocenters. The summed E-state index contributed by atoms with van der Waals surface area (Å²) in [6.07, 6.45) is 4.64. The summed E-state index contributed by atoms with van der Waals surface area (Å²) in [4.78, 5) is 4.72. The first-order chi connectivity index (χ1) is 7.88. The third kappa shape index (κ3) is 3.30. The van der Waals surface area contributed by atoms with E-state index in [0.29, 0.717) is 0 Å². The van der Waals surface area contributed by atoms with Crippen molar-refractivity contribution in [1.82, 2.24) is 15.0 Å². The van der Waals surface area contributed by atoms with Gasteiger partial charge < -0.3 is 9.63 Å². The molecule has 0 radical (unpaired) electrons. The lowest BCUT2D eigenvalue weighted by Crippen LogP contribution is -2.32. The topological polar surface area (TPSA) is 52.7 Å². The molecule has 1 aromatic heterocycles. The Morgan fingerprint density at radius 2 is 2.06 bits per heavy atom. The molecule has 1 aromatic rings. The van der Waals surface area contributed by atoms with Crippen LogP contribution in [0.2, 0.25) is 0 Å². The fourth-order valence-electron chi connectivity index (χ4n) is 2.11. The van der Waals surface area contributed by atoms with Gasteiger partial charge in [0, 0.05) is 31.7 Å². The van der Waals surface area contributed by atoms with Crippen LogP contribution < -0.4 is 0 Å². The molecule has 2 heterocycles. The van der Waals surface area contributed by atoms with Gasteiger partial charge in [0.25, 0.3) is 0 Å². The third-order valence-corrected chi connectivity index (χ3v) is 2.99. The number of hydrogen-bond donors (Lipinski definition) is 1. The number of aliphatic hydroxyl groups excluding tert-OH is 1. The maximum Gasteiger partial charge on any atom is 0.128 e. The van der Waals surface area contributed by atoms with Crippen LogP contribution in [0.3, 0.4) is 0 Å². The van der Waals surface area contributed by atoms with E-state index in [0.717, 1.165) is 51.3 Å². The Bertz CT molecular complexity index is 289. The normalized spacial score (nSPS) is 19.8. The average molecular weight is 225 g/mol. The fourth-order valence-corrected chi connectivity index (χ4v) is 2.11. The second kappa shape index (κ2) is 5.98. The maximum atomic E-state index is 8.91. The second-order valence-electron chi connectivity index (χ2n) is 4.23. The highest BCUT2D eigenvalue weighted by Gasteiger charge is 2.14. The van der Waals surface area contributed by atoms with Gasteiger partial charge in [0.15, 0.2) is 0 Å². The van der Waals surface area contributed by atoms with Gasteiger partial charge in [-0.25, -0.2) is 0 Å². The van der Waals surface area contributed by atoms with E-state index in [4.69, 9.17) is 9.63 Å². The van der Waals surface area contributed by atoms with E-state index in [1.54, 1.807) is 12.5 Å². The standard InChI is InChI=1S/C11H19N3O2/c15-7-6-13-2-1-3-14(5-4-13)9-11-8-12-16-10-11/h8,10,15H,1-7,9H2. The molecule has 1 saturated heterocycles. The van der Waals surface area contributed by atoms with Gasteiger partial charge in [-0.1, -0.05) is 5.16 Å². The van der Waals surface area contributed by atoms with Crippen LogP contribution in [0.5, 0.6) is 0 Å². The average Bonchev–Trinajstić information content (AvgIpc) is 2.68. The van der Waals surface area contributed by atoms with Gasteiger partial charge in [-0.2, -0.15) is 0 Å². The van der Waals surface area contributed by atoms with Crippen molar-refractivity contribution in [2.45, 2.75) is 13.0 Å². The number of aliphatic hydroxyl groups is 1. The molecule has 0 spiro atoms. The first kappa shape index (κ1) is 11.6. The largest absolute Gasteiger partial charge is 0.395 e. The number of β-amino-alcohol motifs (C(OH)–C–C–N with tert-alkyl or cyclic N) is 1. The maximum absolute atomic E-state index is 8.91. The van der Waals surface area contributed by atoms with Crippen LogP contribution in [0.4, 0.5) is 0 Å². The predicted octanol–water partition coefficient (Wildman–Crippen LogP) is 0.175. The molecule has 1 aliphatic rings. The quantitative estimate of drug-likeness (QED) is 0.792. The highest BCUT2D eigenvalue weighted by atomic mass is 16.5. The monoisotopic (exact) mass is 225 g/mol. The molecule has 5 nitrogen and oxygen atoms in total. The Morgan fingerprint density at radius 1 is 1.25 bits per heavy atom. The first-order valence-electron chi connectivity index (χ1n) is 5.82. The van der Waals surface area contributed by atoms with Crippen molar-refractivity contribution < 1.29 is 9.63 Å². The molecule has 0 amide bonds. The smallest absolute Gasteiger partial charge is 0.128 e. The molecule has 0 saturated carbocycles. The van der Waals surface area contributed by atoms with Crippen molar-refractivity contribution in [1.29, 1.82) is 0 Å². The van der Waals surface area contributed by atoms with E-state index in [1.807, 2.05) is 0 Å². The third-order valence-electron chi connectivity index (χ3n) is 2.99. The Labute approximate surface area is 95.6 Å². The lowest BCUT2D eigenvalue weighted by molar-refractivity contribution is 0.196. The van der Waals surface area contributed by atoms with Gasteiger partial charge in [-0.3, -0.25) is 9.80 Å². The van der Waals surface area contributed by atoms with Crippen LogP contribution in [0.15, 0.2) is 17.0 Å². The van der Waals surface area contributed by atoms with E-state index in [1.165, 1.54) is 0 Å². The molecule has 0 atom stereocenters. The van der Waals surface area contributed by atoms with Crippen LogP contribution in [-0.4, -0.2) is 59.4 Å². The highest BCUT2D eigenvalue weighted by molar-refractivity contribution is 4.99. The zero-order chi connectivity index (χ0) is 11.2. The summed E-state index contributed by atoms with van der Waals surface area (Å²) in [6, 6.07) is 0. The van der Waals surface area contributed by atoms with E-state index >= 15 is 0 Å². The predicted molar refractivity (Wildman–Crippen MR) is 59.9 cm³/mol. The number of aromatic nitrogens is 1. The zero-order valence-corrected chi connectivity index (χ0v) is 9.51. The molecule has 90 valence electrons. The Kier molecular flexibility index (Phi) is 4.33. The van der Waals surface area contributed by atoms with Crippen molar-refractivity contribution in [3.8, 4) is 0 Å². The summed E-state index contributed by atoms with van der Waals surface area (Å²) in [5.41, 5.74) is 1.13. The Hall–Kier alpha value is -0.910. The minimum Gasteiger partial charge on any atom is -0.395 e. The van der Waals surface area contributed by atoms with Gasteiger partial charge in [0.05, 0.1) is 12.8 Å². The summed E-state index contributed by atoms with van der Waals surface area (Å²) in [7, 11) is 0. The molecule has 2 rings (SSSR count). The van der Waals surface area contributed by atoms with Crippen LogP contribution in [0.25, 0.3) is 0 Å². The molecular weight excluding hydrogens is 206 g/mol. The Morgan fingerprint density at radius 3 is 2.81 bits per heavy atom. The molecule has 5 heteroatoms.